The second kappa shape index (κ2) is 4.31. The van der Waals surface area contributed by atoms with Crippen LogP contribution in [0.4, 0.5) is 0 Å². The highest BCUT2D eigenvalue weighted by Gasteiger charge is 2.34. The standard InChI is InChI=1S/C11H19N3O/c1-11(5-3-4-6-11)10-13-12-9-14(10)7-8-15-2/h9H,3-8H2,1-2H3. The second-order valence-corrected chi connectivity index (χ2v) is 4.61. The largest absolute Gasteiger partial charge is 0.383 e. The van der Waals surface area contributed by atoms with Gasteiger partial charge in [-0.05, 0) is 12.8 Å². The predicted molar refractivity (Wildman–Crippen MR) is 57.7 cm³/mol. The minimum absolute atomic E-state index is 0.240. The number of hydrogen-bond donors (Lipinski definition) is 0. The molecule has 0 bridgehead atoms. The van der Waals surface area contributed by atoms with Crippen molar-refractivity contribution >= 4 is 0 Å². The van der Waals surface area contributed by atoms with Gasteiger partial charge in [0.2, 0.25) is 0 Å². The Morgan fingerprint density at radius 3 is 2.87 bits per heavy atom. The number of nitrogens with zero attached hydrogens (tertiary/aromatic N) is 3. The van der Waals surface area contributed by atoms with Gasteiger partial charge in [-0.15, -0.1) is 10.2 Å². The van der Waals surface area contributed by atoms with Crippen LogP contribution in [0.2, 0.25) is 0 Å². The number of aromatic nitrogens is 3. The summed E-state index contributed by atoms with van der Waals surface area (Å²) in [4.78, 5) is 0. The molecule has 4 heteroatoms. The van der Waals surface area contributed by atoms with Crippen molar-refractivity contribution in [3.8, 4) is 0 Å². The number of hydrogen-bond acceptors (Lipinski definition) is 3. The third kappa shape index (κ3) is 2.04. The van der Waals surface area contributed by atoms with Gasteiger partial charge in [0.1, 0.15) is 12.2 Å². The van der Waals surface area contributed by atoms with Crippen molar-refractivity contribution in [1.82, 2.24) is 14.8 Å². The van der Waals surface area contributed by atoms with E-state index in [1.165, 1.54) is 25.7 Å². The summed E-state index contributed by atoms with van der Waals surface area (Å²) in [6.45, 7) is 3.88. The summed E-state index contributed by atoms with van der Waals surface area (Å²) in [5.74, 6) is 1.14. The fraction of sp³-hybridized carbons (Fsp3) is 0.818. The molecule has 0 atom stereocenters. The van der Waals surface area contributed by atoms with Crippen LogP contribution in [-0.2, 0) is 16.7 Å². The average Bonchev–Trinajstić information content (AvgIpc) is 2.84. The molecular weight excluding hydrogens is 190 g/mol. The molecule has 0 amide bonds. The lowest BCUT2D eigenvalue weighted by Gasteiger charge is -2.22. The molecule has 0 unspecified atom stereocenters. The van der Waals surface area contributed by atoms with Gasteiger partial charge in [-0.3, -0.25) is 0 Å². The first-order valence-electron chi connectivity index (χ1n) is 5.63. The lowest BCUT2D eigenvalue weighted by Crippen LogP contribution is -2.23. The summed E-state index contributed by atoms with van der Waals surface area (Å²) >= 11 is 0. The van der Waals surface area contributed by atoms with Crippen LogP contribution in [0.25, 0.3) is 0 Å². The van der Waals surface area contributed by atoms with E-state index in [-0.39, 0.29) is 5.41 Å². The maximum atomic E-state index is 5.09. The fourth-order valence-corrected chi connectivity index (χ4v) is 2.45. The lowest BCUT2D eigenvalue weighted by molar-refractivity contribution is 0.184. The SMILES string of the molecule is COCCn1cnnc1C1(C)CCCC1. The van der Waals surface area contributed by atoms with Crippen molar-refractivity contribution in [2.75, 3.05) is 13.7 Å². The zero-order valence-corrected chi connectivity index (χ0v) is 9.57. The molecule has 1 saturated carbocycles. The van der Waals surface area contributed by atoms with Crippen molar-refractivity contribution in [3.63, 3.8) is 0 Å². The lowest BCUT2D eigenvalue weighted by atomic mass is 9.88. The second-order valence-electron chi connectivity index (χ2n) is 4.61. The zero-order valence-electron chi connectivity index (χ0n) is 9.57. The van der Waals surface area contributed by atoms with Gasteiger partial charge < -0.3 is 9.30 Å². The Kier molecular flexibility index (Phi) is 3.05. The third-order valence-corrected chi connectivity index (χ3v) is 3.40. The quantitative estimate of drug-likeness (QED) is 0.758. The van der Waals surface area contributed by atoms with Crippen LogP contribution in [0.3, 0.4) is 0 Å². The molecule has 84 valence electrons. The summed E-state index contributed by atoms with van der Waals surface area (Å²) in [5, 5.41) is 8.30. The number of rotatable bonds is 4. The highest BCUT2D eigenvalue weighted by molar-refractivity contribution is 5.08. The Labute approximate surface area is 90.7 Å². The molecule has 1 aromatic heterocycles. The summed E-state index contributed by atoms with van der Waals surface area (Å²) in [6, 6.07) is 0. The summed E-state index contributed by atoms with van der Waals surface area (Å²) in [5.41, 5.74) is 0.240. The fourth-order valence-electron chi connectivity index (χ4n) is 2.45. The first kappa shape index (κ1) is 10.6. The molecule has 0 aliphatic heterocycles. The Morgan fingerprint density at radius 1 is 1.47 bits per heavy atom. The van der Waals surface area contributed by atoms with Gasteiger partial charge in [0, 0.05) is 19.1 Å². The topological polar surface area (TPSA) is 39.9 Å². The Balaban J connectivity index is 2.16. The van der Waals surface area contributed by atoms with Crippen molar-refractivity contribution in [2.45, 2.75) is 44.6 Å². The van der Waals surface area contributed by atoms with E-state index >= 15 is 0 Å². The minimum atomic E-state index is 0.240. The van der Waals surface area contributed by atoms with Gasteiger partial charge in [0.05, 0.1) is 6.61 Å². The molecule has 0 spiro atoms. The molecule has 0 aromatic carbocycles. The average molecular weight is 209 g/mol. The van der Waals surface area contributed by atoms with E-state index in [9.17, 15) is 0 Å². The molecule has 1 fully saturated rings. The highest BCUT2D eigenvalue weighted by Crippen LogP contribution is 2.39. The van der Waals surface area contributed by atoms with E-state index in [1.807, 2.05) is 6.33 Å². The first-order chi connectivity index (χ1) is 7.26. The van der Waals surface area contributed by atoms with Crippen LogP contribution in [0, 0.1) is 0 Å². The first-order valence-corrected chi connectivity index (χ1v) is 5.63. The molecule has 1 aliphatic rings. The maximum absolute atomic E-state index is 5.09. The van der Waals surface area contributed by atoms with E-state index in [2.05, 4.69) is 21.7 Å². The van der Waals surface area contributed by atoms with Gasteiger partial charge in [-0.25, -0.2) is 0 Å². The Bertz CT molecular complexity index is 315. The van der Waals surface area contributed by atoms with E-state index in [4.69, 9.17) is 4.74 Å². The molecule has 15 heavy (non-hydrogen) atoms. The predicted octanol–water partition coefficient (Wildman–Crippen LogP) is 1.76. The normalized spacial score (nSPS) is 19.6. The zero-order chi connectivity index (χ0) is 10.7. The van der Waals surface area contributed by atoms with Gasteiger partial charge in [-0.1, -0.05) is 19.8 Å². The van der Waals surface area contributed by atoms with Gasteiger partial charge >= 0.3 is 0 Å². The Hall–Kier alpha value is -0.900. The molecule has 4 nitrogen and oxygen atoms in total. The van der Waals surface area contributed by atoms with E-state index in [1.54, 1.807) is 7.11 Å². The summed E-state index contributed by atoms with van der Waals surface area (Å²) in [7, 11) is 1.72. The van der Waals surface area contributed by atoms with Gasteiger partial charge in [-0.2, -0.15) is 0 Å². The van der Waals surface area contributed by atoms with Gasteiger partial charge in [0.15, 0.2) is 0 Å². The van der Waals surface area contributed by atoms with Crippen LogP contribution in [0.5, 0.6) is 0 Å². The molecule has 1 heterocycles. The van der Waals surface area contributed by atoms with Crippen molar-refractivity contribution in [1.29, 1.82) is 0 Å². The maximum Gasteiger partial charge on any atom is 0.138 e. The molecule has 0 radical (unpaired) electrons. The minimum Gasteiger partial charge on any atom is -0.383 e. The molecular formula is C11H19N3O. The highest BCUT2D eigenvalue weighted by atomic mass is 16.5. The molecule has 2 rings (SSSR count). The summed E-state index contributed by atoms with van der Waals surface area (Å²) in [6.07, 6.45) is 6.91. The van der Waals surface area contributed by atoms with Crippen LogP contribution in [0.1, 0.15) is 38.4 Å². The van der Waals surface area contributed by atoms with Crippen LogP contribution in [-0.4, -0.2) is 28.5 Å². The third-order valence-electron chi connectivity index (χ3n) is 3.40. The van der Waals surface area contributed by atoms with E-state index in [0.29, 0.717) is 0 Å². The van der Waals surface area contributed by atoms with Crippen LogP contribution >= 0.6 is 0 Å². The van der Waals surface area contributed by atoms with Gasteiger partial charge in [0.25, 0.3) is 0 Å². The molecule has 0 saturated heterocycles. The van der Waals surface area contributed by atoms with Crippen molar-refractivity contribution in [2.24, 2.45) is 0 Å². The monoisotopic (exact) mass is 209 g/mol. The van der Waals surface area contributed by atoms with Crippen LogP contribution < -0.4 is 0 Å². The smallest absolute Gasteiger partial charge is 0.138 e. The van der Waals surface area contributed by atoms with Crippen molar-refractivity contribution in [3.05, 3.63) is 12.2 Å². The Morgan fingerprint density at radius 2 is 2.20 bits per heavy atom. The molecule has 1 aromatic rings. The van der Waals surface area contributed by atoms with E-state index < -0.39 is 0 Å². The van der Waals surface area contributed by atoms with Crippen LogP contribution in [0.15, 0.2) is 6.33 Å². The number of ether oxygens (including phenoxy) is 1. The van der Waals surface area contributed by atoms with Crippen molar-refractivity contribution < 1.29 is 4.74 Å². The molecule has 0 N–H and O–H groups in total. The van der Waals surface area contributed by atoms with E-state index in [0.717, 1.165) is 19.0 Å². The number of methoxy groups -OCH3 is 1. The summed E-state index contributed by atoms with van der Waals surface area (Å²) < 4.78 is 7.22. The molecule has 1 aliphatic carbocycles.